The highest BCUT2D eigenvalue weighted by atomic mass is 35.5. The lowest BCUT2D eigenvalue weighted by molar-refractivity contribution is -0.141. The Morgan fingerprint density at radius 1 is 1.06 bits per heavy atom. The number of nitrogens with zero attached hydrogens (tertiary/aromatic N) is 1. The van der Waals surface area contributed by atoms with Crippen LogP contribution in [0.5, 0.6) is 11.5 Å². The predicted molar refractivity (Wildman–Crippen MR) is 132 cm³/mol. The van der Waals surface area contributed by atoms with Crippen molar-refractivity contribution in [3.05, 3.63) is 59.1 Å². The van der Waals surface area contributed by atoms with Crippen molar-refractivity contribution in [1.29, 1.82) is 0 Å². The molecule has 2 atom stereocenters. The van der Waals surface area contributed by atoms with Crippen LogP contribution in [0.25, 0.3) is 0 Å². The predicted octanol–water partition coefficient (Wildman–Crippen LogP) is 5.23. The molecule has 0 aromatic heterocycles. The van der Waals surface area contributed by atoms with Gasteiger partial charge in [-0.3, -0.25) is 9.59 Å². The molecule has 0 radical (unpaired) electrons. The number of hydrogen-bond donors (Lipinski definition) is 1. The minimum Gasteiger partial charge on any atom is -0.497 e. The number of ether oxygens (including phenoxy) is 2. The molecule has 7 heteroatoms. The van der Waals surface area contributed by atoms with Crippen LogP contribution in [0.4, 0.5) is 0 Å². The standard InChI is InChI=1S/C26H35ClN2O4/c1-5-19(3)28-26(31)24(6-2)29(18-20-9-7-10-23(17-20)32-4)25(30)11-8-16-33-22-14-12-21(27)13-15-22/h7,9-10,12-15,17,19,24H,5-6,8,11,16,18H2,1-4H3,(H,28,31). The summed E-state index contributed by atoms with van der Waals surface area (Å²) in [6.45, 7) is 6.64. The van der Waals surface area contributed by atoms with Gasteiger partial charge in [0.15, 0.2) is 0 Å². The van der Waals surface area contributed by atoms with Crippen molar-refractivity contribution in [2.24, 2.45) is 0 Å². The molecule has 2 aromatic carbocycles. The van der Waals surface area contributed by atoms with Crippen molar-refractivity contribution in [2.45, 2.75) is 65.1 Å². The van der Waals surface area contributed by atoms with Crippen LogP contribution in [0.2, 0.25) is 5.02 Å². The van der Waals surface area contributed by atoms with E-state index in [-0.39, 0.29) is 24.3 Å². The molecule has 2 rings (SSSR count). The highest BCUT2D eigenvalue weighted by molar-refractivity contribution is 6.30. The van der Waals surface area contributed by atoms with Gasteiger partial charge in [0.1, 0.15) is 17.5 Å². The maximum Gasteiger partial charge on any atom is 0.243 e. The highest BCUT2D eigenvalue weighted by Gasteiger charge is 2.29. The first-order chi connectivity index (χ1) is 15.9. The molecule has 33 heavy (non-hydrogen) atoms. The molecule has 0 fully saturated rings. The number of hydrogen-bond acceptors (Lipinski definition) is 4. The van der Waals surface area contributed by atoms with Gasteiger partial charge in [-0.05, 0) is 68.1 Å². The van der Waals surface area contributed by atoms with Gasteiger partial charge in [0.25, 0.3) is 0 Å². The van der Waals surface area contributed by atoms with Gasteiger partial charge < -0.3 is 19.7 Å². The van der Waals surface area contributed by atoms with E-state index < -0.39 is 6.04 Å². The molecule has 2 amide bonds. The Morgan fingerprint density at radius 2 is 1.79 bits per heavy atom. The molecule has 1 N–H and O–H groups in total. The lowest BCUT2D eigenvalue weighted by atomic mass is 10.1. The van der Waals surface area contributed by atoms with Crippen LogP contribution in [0.15, 0.2) is 48.5 Å². The quantitative estimate of drug-likeness (QED) is 0.403. The Hall–Kier alpha value is -2.73. The number of methoxy groups -OCH3 is 1. The number of halogens is 1. The van der Waals surface area contributed by atoms with E-state index in [2.05, 4.69) is 5.32 Å². The molecule has 0 aliphatic carbocycles. The summed E-state index contributed by atoms with van der Waals surface area (Å²) in [6, 6.07) is 14.2. The Labute approximate surface area is 202 Å². The van der Waals surface area contributed by atoms with Gasteiger partial charge >= 0.3 is 0 Å². The lowest BCUT2D eigenvalue weighted by Crippen LogP contribution is -2.50. The number of rotatable bonds is 13. The monoisotopic (exact) mass is 474 g/mol. The molecule has 0 heterocycles. The smallest absolute Gasteiger partial charge is 0.243 e. The third-order valence-electron chi connectivity index (χ3n) is 5.49. The van der Waals surface area contributed by atoms with Gasteiger partial charge in [-0.15, -0.1) is 0 Å². The van der Waals surface area contributed by atoms with E-state index >= 15 is 0 Å². The maximum absolute atomic E-state index is 13.3. The summed E-state index contributed by atoms with van der Waals surface area (Å²) in [6.07, 6.45) is 2.18. The van der Waals surface area contributed by atoms with Crippen LogP contribution >= 0.6 is 11.6 Å². The van der Waals surface area contributed by atoms with Crippen molar-refractivity contribution >= 4 is 23.4 Å². The summed E-state index contributed by atoms with van der Waals surface area (Å²) in [5.41, 5.74) is 0.912. The normalized spacial score (nSPS) is 12.5. The number of carbonyl (C=O) groups excluding carboxylic acids is 2. The van der Waals surface area contributed by atoms with Gasteiger partial charge in [0.05, 0.1) is 13.7 Å². The van der Waals surface area contributed by atoms with E-state index in [1.807, 2.05) is 45.0 Å². The Morgan fingerprint density at radius 3 is 2.42 bits per heavy atom. The van der Waals surface area contributed by atoms with Gasteiger partial charge in [0, 0.05) is 24.0 Å². The zero-order chi connectivity index (χ0) is 24.2. The van der Waals surface area contributed by atoms with Gasteiger partial charge in [-0.1, -0.05) is 37.6 Å². The fourth-order valence-corrected chi connectivity index (χ4v) is 3.54. The number of amides is 2. The molecule has 6 nitrogen and oxygen atoms in total. The van der Waals surface area contributed by atoms with E-state index in [9.17, 15) is 9.59 Å². The van der Waals surface area contributed by atoms with Crippen LogP contribution in [0.3, 0.4) is 0 Å². The second-order valence-electron chi connectivity index (χ2n) is 8.02. The molecule has 2 unspecified atom stereocenters. The van der Waals surface area contributed by atoms with Gasteiger partial charge in [0.2, 0.25) is 11.8 Å². The summed E-state index contributed by atoms with van der Waals surface area (Å²) in [4.78, 5) is 27.9. The molecule has 0 saturated heterocycles. The minimum atomic E-state index is -0.546. The Bertz CT molecular complexity index is 888. The van der Waals surface area contributed by atoms with Gasteiger partial charge in [-0.2, -0.15) is 0 Å². The summed E-state index contributed by atoms with van der Waals surface area (Å²) >= 11 is 5.90. The molecule has 0 aliphatic heterocycles. The molecule has 2 aromatic rings. The topological polar surface area (TPSA) is 67.9 Å². The van der Waals surface area contributed by atoms with Crippen molar-refractivity contribution in [3.8, 4) is 11.5 Å². The summed E-state index contributed by atoms with van der Waals surface area (Å²) in [7, 11) is 1.61. The highest BCUT2D eigenvalue weighted by Crippen LogP contribution is 2.19. The first-order valence-electron chi connectivity index (χ1n) is 11.5. The van der Waals surface area contributed by atoms with Crippen molar-refractivity contribution in [3.63, 3.8) is 0 Å². The third-order valence-corrected chi connectivity index (χ3v) is 5.74. The van der Waals surface area contributed by atoms with E-state index in [4.69, 9.17) is 21.1 Å². The zero-order valence-electron chi connectivity index (χ0n) is 20.0. The average Bonchev–Trinajstić information content (AvgIpc) is 2.82. The second kappa shape index (κ2) is 13.7. The molecule has 0 bridgehead atoms. The molecular formula is C26H35ClN2O4. The largest absolute Gasteiger partial charge is 0.497 e. The lowest BCUT2D eigenvalue weighted by Gasteiger charge is -2.31. The minimum absolute atomic E-state index is 0.0492. The fourth-order valence-electron chi connectivity index (χ4n) is 3.42. The molecular weight excluding hydrogens is 440 g/mol. The van der Waals surface area contributed by atoms with E-state index in [0.29, 0.717) is 42.5 Å². The van der Waals surface area contributed by atoms with Crippen LogP contribution in [0, 0.1) is 0 Å². The van der Waals surface area contributed by atoms with E-state index in [0.717, 1.165) is 12.0 Å². The molecule has 0 saturated carbocycles. The molecule has 0 aliphatic rings. The third kappa shape index (κ3) is 8.61. The number of benzene rings is 2. The zero-order valence-corrected chi connectivity index (χ0v) is 20.7. The second-order valence-corrected chi connectivity index (χ2v) is 8.46. The van der Waals surface area contributed by atoms with E-state index in [1.165, 1.54) is 0 Å². The maximum atomic E-state index is 13.3. The van der Waals surface area contributed by atoms with Crippen LogP contribution in [-0.2, 0) is 16.1 Å². The first-order valence-corrected chi connectivity index (χ1v) is 11.9. The summed E-state index contributed by atoms with van der Waals surface area (Å²) < 4.78 is 11.0. The van der Waals surface area contributed by atoms with Crippen LogP contribution < -0.4 is 14.8 Å². The number of nitrogens with one attached hydrogen (secondary N) is 1. The van der Waals surface area contributed by atoms with Crippen molar-refractivity contribution in [2.75, 3.05) is 13.7 Å². The Balaban J connectivity index is 2.09. The van der Waals surface area contributed by atoms with Crippen molar-refractivity contribution in [1.82, 2.24) is 10.2 Å². The van der Waals surface area contributed by atoms with Crippen LogP contribution in [-0.4, -0.2) is 42.5 Å². The van der Waals surface area contributed by atoms with Crippen molar-refractivity contribution < 1.29 is 19.1 Å². The summed E-state index contributed by atoms with van der Waals surface area (Å²) in [5.74, 6) is 1.22. The first kappa shape index (κ1) is 26.5. The fraction of sp³-hybridized carbons (Fsp3) is 0.462. The van der Waals surface area contributed by atoms with Crippen LogP contribution in [0.1, 0.15) is 52.0 Å². The molecule has 180 valence electrons. The average molecular weight is 475 g/mol. The van der Waals surface area contributed by atoms with E-state index in [1.54, 1.807) is 36.3 Å². The van der Waals surface area contributed by atoms with Gasteiger partial charge in [-0.25, -0.2) is 0 Å². The Kier molecular flexibility index (Phi) is 11.0. The molecule has 0 spiro atoms. The number of carbonyl (C=O) groups is 2. The summed E-state index contributed by atoms with van der Waals surface area (Å²) in [5, 5.41) is 3.67. The SMILES string of the molecule is CCC(C)NC(=O)C(CC)N(Cc1cccc(OC)c1)C(=O)CCCOc1ccc(Cl)cc1.